The second-order valence-corrected chi connectivity index (χ2v) is 10.7. The molecule has 3 rings (SSSR count). The van der Waals surface area contributed by atoms with Crippen LogP contribution in [0.5, 0.6) is 0 Å². The Bertz CT molecular complexity index is 1240. The molecular formula is C24H32F3N5O6S. The minimum Gasteiger partial charge on any atom is -0.475 e. The van der Waals surface area contributed by atoms with Crippen molar-refractivity contribution in [3.63, 3.8) is 0 Å². The van der Waals surface area contributed by atoms with E-state index in [1.807, 2.05) is 0 Å². The summed E-state index contributed by atoms with van der Waals surface area (Å²) < 4.78 is 61.5. The second kappa shape index (κ2) is 14.1. The highest BCUT2D eigenvalue weighted by atomic mass is 32.2. The number of sulfone groups is 1. The lowest BCUT2D eigenvalue weighted by Crippen LogP contribution is -2.30. The van der Waals surface area contributed by atoms with E-state index in [9.17, 15) is 26.4 Å². The minimum atomic E-state index is -5.08. The lowest BCUT2D eigenvalue weighted by molar-refractivity contribution is -0.192. The molecule has 0 atom stereocenters. The Hall–Kier alpha value is -3.46. The van der Waals surface area contributed by atoms with Crippen molar-refractivity contribution in [2.75, 3.05) is 39.1 Å². The number of nitrogens with zero attached hydrogens (tertiary/aromatic N) is 3. The van der Waals surface area contributed by atoms with Crippen molar-refractivity contribution >= 4 is 27.5 Å². The van der Waals surface area contributed by atoms with Crippen molar-refractivity contribution in [2.24, 2.45) is 4.99 Å². The number of rotatable bonds is 11. The van der Waals surface area contributed by atoms with Crippen LogP contribution in [0.1, 0.15) is 35.4 Å². The summed E-state index contributed by atoms with van der Waals surface area (Å²) in [6, 6.07) is 8.24. The monoisotopic (exact) mass is 575 g/mol. The SMILES string of the molecule is Cc1noc(C)c1S(=O)(=O)CNCCCC(=O)N(C)CCc1ccc(C2=NCCN2)cc1.O=C(O)C(F)(F)F. The zero-order chi connectivity index (χ0) is 29.2. The van der Waals surface area contributed by atoms with Crippen LogP contribution in [-0.4, -0.2) is 86.6 Å². The summed E-state index contributed by atoms with van der Waals surface area (Å²) in [5.74, 6) is -1.69. The number of hydrogen-bond donors (Lipinski definition) is 3. The fourth-order valence-electron chi connectivity index (χ4n) is 3.59. The fraction of sp³-hybridized carbons (Fsp3) is 0.500. The fourth-order valence-corrected chi connectivity index (χ4v) is 5.11. The first-order chi connectivity index (χ1) is 18.2. The number of likely N-dealkylation sites (N-methyl/N-ethyl adjacent to an activating group) is 1. The van der Waals surface area contributed by atoms with Crippen LogP contribution in [0.3, 0.4) is 0 Å². The van der Waals surface area contributed by atoms with E-state index >= 15 is 0 Å². The molecule has 0 saturated heterocycles. The first-order valence-electron chi connectivity index (χ1n) is 12.0. The number of aliphatic imine (C=N–C) groups is 1. The number of aromatic nitrogens is 1. The van der Waals surface area contributed by atoms with E-state index < -0.39 is 22.0 Å². The molecule has 1 aliphatic rings. The van der Waals surface area contributed by atoms with Gasteiger partial charge in [0.25, 0.3) is 0 Å². The molecule has 0 aliphatic carbocycles. The minimum absolute atomic E-state index is 0.0431. The number of carbonyl (C=O) groups excluding carboxylic acids is 1. The average molecular weight is 576 g/mol. The van der Waals surface area contributed by atoms with Gasteiger partial charge in [0.15, 0.2) is 15.6 Å². The molecule has 1 aromatic heterocycles. The van der Waals surface area contributed by atoms with E-state index in [-0.39, 0.29) is 16.7 Å². The van der Waals surface area contributed by atoms with Gasteiger partial charge in [-0.1, -0.05) is 29.4 Å². The average Bonchev–Trinajstić information content (AvgIpc) is 3.52. The highest BCUT2D eigenvalue weighted by Crippen LogP contribution is 2.19. The molecule has 3 N–H and O–H groups in total. The first-order valence-corrected chi connectivity index (χ1v) is 13.7. The summed E-state index contributed by atoms with van der Waals surface area (Å²) >= 11 is 0. The predicted octanol–water partition coefficient (Wildman–Crippen LogP) is 2.08. The normalized spacial score (nSPS) is 13.2. The Morgan fingerprint density at radius 1 is 1.21 bits per heavy atom. The number of aliphatic carboxylic acids is 1. The zero-order valence-corrected chi connectivity index (χ0v) is 22.7. The molecule has 1 aromatic carbocycles. The van der Waals surface area contributed by atoms with Gasteiger partial charge in [0.1, 0.15) is 16.6 Å². The number of halogens is 3. The molecule has 0 radical (unpaired) electrons. The lowest BCUT2D eigenvalue weighted by atomic mass is 10.1. The number of amides is 1. The molecule has 0 bridgehead atoms. The van der Waals surface area contributed by atoms with Crippen molar-refractivity contribution in [2.45, 2.75) is 44.2 Å². The van der Waals surface area contributed by atoms with Gasteiger partial charge in [-0.25, -0.2) is 13.2 Å². The van der Waals surface area contributed by atoms with Crippen LogP contribution in [0, 0.1) is 13.8 Å². The number of carboxylic acids is 1. The van der Waals surface area contributed by atoms with Gasteiger partial charge in [0, 0.05) is 32.1 Å². The molecule has 2 aromatic rings. The number of carbonyl (C=O) groups is 2. The quantitative estimate of drug-likeness (QED) is 0.342. The van der Waals surface area contributed by atoms with Gasteiger partial charge in [0.05, 0.1) is 12.2 Å². The largest absolute Gasteiger partial charge is 0.490 e. The number of amidine groups is 1. The number of alkyl halides is 3. The van der Waals surface area contributed by atoms with Crippen LogP contribution in [0.25, 0.3) is 0 Å². The standard InChI is InChI=1S/C22H31N5O4S.C2HF3O2/c1-16-21(17(2)31-26-16)32(29,30)15-23-11-4-5-20(28)27(3)14-10-18-6-8-19(9-7-18)22-24-12-13-25-22;3-2(4,5)1(6)7/h6-9,23H,4-5,10-15H2,1-3H3,(H,24,25);(H,6,7). The van der Waals surface area contributed by atoms with E-state index in [0.29, 0.717) is 37.4 Å². The highest BCUT2D eigenvalue weighted by Gasteiger charge is 2.38. The predicted molar refractivity (Wildman–Crippen MR) is 136 cm³/mol. The van der Waals surface area contributed by atoms with Gasteiger partial charge in [-0.05, 0) is 38.8 Å². The number of benzene rings is 1. The summed E-state index contributed by atoms with van der Waals surface area (Å²) in [4.78, 5) is 27.5. The summed E-state index contributed by atoms with van der Waals surface area (Å²) in [5, 5.41) is 17.0. The molecule has 1 aliphatic heterocycles. The van der Waals surface area contributed by atoms with E-state index in [1.165, 1.54) is 0 Å². The summed E-state index contributed by atoms with van der Waals surface area (Å²) in [6.45, 7) is 5.95. The van der Waals surface area contributed by atoms with Gasteiger partial charge >= 0.3 is 12.1 Å². The van der Waals surface area contributed by atoms with Gasteiger partial charge in [0.2, 0.25) is 5.91 Å². The number of carboxylic acid groups (broad SMARTS) is 1. The van der Waals surface area contributed by atoms with Crippen LogP contribution >= 0.6 is 0 Å². The Kier molecular flexibility index (Phi) is 11.5. The highest BCUT2D eigenvalue weighted by molar-refractivity contribution is 7.91. The first kappa shape index (κ1) is 31.8. The van der Waals surface area contributed by atoms with Crippen LogP contribution in [-0.2, 0) is 25.8 Å². The van der Waals surface area contributed by atoms with E-state index in [0.717, 1.165) is 36.5 Å². The maximum absolute atomic E-state index is 12.4. The van der Waals surface area contributed by atoms with Gasteiger partial charge in [-0.3, -0.25) is 9.79 Å². The molecule has 39 heavy (non-hydrogen) atoms. The Labute approximate surface area is 224 Å². The third-order valence-electron chi connectivity index (χ3n) is 5.62. The van der Waals surface area contributed by atoms with Gasteiger partial charge in [-0.2, -0.15) is 13.2 Å². The zero-order valence-electron chi connectivity index (χ0n) is 21.8. The van der Waals surface area contributed by atoms with Crippen LogP contribution in [0.2, 0.25) is 0 Å². The molecule has 0 fully saturated rings. The maximum Gasteiger partial charge on any atom is 0.490 e. The number of aryl methyl sites for hydroxylation is 2. The van der Waals surface area contributed by atoms with E-state index in [2.05, 4.69) is 45.0 Å². The van der Waals surface area contributed by atoms with Crippen LogP contribution in [0.15, 0.2) is 38.7 Å². The second-order valence-electron chi connectivity index (χ2n) is 8.74. The van der Waals surface area contributed by atoms with Crippen molar-refractivity contribution in [1.82, 2.24) is 20.7 Å². The number of hydrogen-bond acceptors (Lipinski definition) is 9. The molecule has 216 valence electrons. The maximum atomic E-state index is 12.4. The van der Waals surface area contributed by atoms with E-state index in [1.54, 1.807) is 25.8 Å². The third kappa shape index (κ3) is 9.98. The molecule has 0 spiro atoms. The number of nitrogens with one attached hydrogen (secondary N) is 2. The van der Waals surface area contributed by atoms with Crippen molar-refractivity contribution in [3.8, 4) is 0 Å². The third-order valence-corrected chi connectivity index (χ3v) is 7.41. The molecule has 2 heterocycles. The molecular weight excluding hydrogens is 543 g/mol. The van der Waals surface area contributed by atoms with Crippen molar-refractivity contribution in [1.29, 1.82) is 0 Å². The summed E-state index contributed by atoms with van der Waals surface area (Å²) in [5.41, 5.74) is 2.61. The van der Waals surface area contributed by atoms with Gasteiger partial charge in [-0.15, -0.1) is 0 Å². The van der Waals surface area contributed by atoms with E-state index in [4.69, 9.17) is 14.4 Å². The smallest absolute Gasteiger partial charge is 0.475 e. The molecule has 11 nitrogen and oxygen atoms in total. The summed E-state index contributed by atoms with van der Waals surface area (Å²) in [6.07, 6.45) is -3.39. The topological polar surface area (TPSA) is 154 Å². The Balaban J connectivity index is 0.000000673. The van der Waals surface area contributed by atoms with Crippen LogP contribution < -0.4 is 10.6 Å². The van der Waals surface area contributed by atoms with Gasteiger partial charge < -0.3 is 25.2 Å². The Morgan fingerprint density at radius 3 is 2.36 bits per heavy atom. The Morgan fingerprint density at radius 2 is 1.85 bits per heavy atom. The lowest BCUT2D eigenvalue weighted by Gasteiger charge is -2.17. The summed E-state index contributed by atoms with van der Waals surface area (Å²) in [7, 11) is -1.72. The molecule has 15 heteroatoms. The van der Waals surface area contributed by atoms with Crippen molar-refractivity contribution < 1.29 is 40.8 Å². The molecule has 1 amide bonds. The molecule has 0 saturated carbocycles. The van der Waals surface area contributed by atoms with Crippen LogP contribution in [0.4, 0.5) is 13.2 Å². The molecule has 0 unspecified atom stereocenters. The van der Waals surface area contributed by atoms with Crippen molar-refractivity contribution in [3.05, 3.63) is 46.8 Å².